The second kappa shape index (κ2) is 9.70. The Morgan fingerprint density at radius 3 is 2.81 bits per heavy atom. The molecule has 1 aliphatic heterocycles. The summed E-state index contributed by atoms with van der Waals surface area (Å²) >= 11 is 0. The third-order valence-electron chi connectivity index (χ3n) is 4.37. The zero-order valence-electron chi connectivity index (χ0n) is 15.6. The number of benzene rings is 1. The summed E-state index contributed by atoms with van der Waals surface area (Å²) in [7, 11) is -2.06. The summed E-state index contributed by atoms with van der Waals surface area (Å²) in [6.45, 7) is 2.49. The average Bonchev–Trinajstić information content (AvgIpc) is 2.68. The van der Waals surface area contributed by atoms with E-state index in [1.807, 2.05) is 0 Å². The van der Waals surface area contributed by atoms with Crippen molar-refractivity contribution in [2.75, 3.05) is 39.1 Å². The maximum absolute atomic E-state index is 12.5. The quantitative estimate of drug-likeness (QED) is 0.656. The number of amides is 1. The minimum atomic E-state index is -3.57. The molecule has 1 amide bonds. The summed E-state index contributed by atoms with van der Waals surface area (Å²) in [5.41, 5.74) is 0.395. The molecule has 1 heterocycles. The van der Waals surface area contributed by atoms with Crippen LogP contribution in [0.2, 0.25) is 0 Å². The molecular weight excluding hydrogens is 372 g/mol. The molecule has 1 fully saturated rings. The minimum absolute atomic E-state index is 0.0149. The summed E-state index contributed by atoms with van der Waals surface area (Å²) in [4.78, 5) is 24.0. The van der Waals surface area contributed by atoms with E-state index in [2.05, 4.69) is 5.32 Å². The molecule has 0 unspecified atom stereocenters. The van der Waals surface area contributed by atoms with E-state index >= 15 is 0 Å². The number of hydrogen-bond acceptors (Lipinski definition) is 6. The summed E-state index contributed by atoms with van der Waals surface area (Å²) in [5, 5.41) is 2.61. The number of ether oxygens (including phenoxy) is 2. The highest BCUT2D eigenvalue weighted by molar-refractivity contribution is 7.89. The Kier molecular flexibility index (Phi) is 7.61. The van der Waals surface area contributed by atoms with Gasteiger partial charge in [0.15, 0.2) is 0 Å². The molecule has 0 spiro atoms. The van der Waals surface area contributed by atoms with Crippen LogP contribution in [-0.4, -0.2) is 63.7 Å². The first-order valence-corrected chi connectivity index (χ1v) is 10.5. The third-order valence-corrected chi connectivity index (χ3v) is 6.21. The molecule has 9 heteroatoms. The highest BCUT2D eigenvalue weighted by Crippen LogP contribution is 2.20. The van der Waals surface area contributed by atoms with E-state index in [0.29, 0.717) is 30.7 Å². The number of hydrogen-bond donors (Lipinski definition) is 1. The van der Waals surface area contributed by atoms with Crippen molar-refractivity contribution < 1.29 is 27.5 Å². The van der Waals surface area contributed by atoms with Gasteiger partial charge in [-0.25, -0.2) is 12.7 Å². The van der Waals surface area contributed by atoms with Gasteiger partial charge in [-0.1, -0.05) is 6.07 Å². The van der Waals surface area contributed by atoms with Crippen molar-refractivity contribution in [1.29, 1.82) is 0 Å². The van der Waals surface area contributed by atoms with Gasteiger partial charge in [-0.2, -0.15) is 0 Å². The van der Waals surface area contributed by atoms with Crippen LogP contribution >= 0.6 is 0 Å². The first-order valence-electron chi connectivity index (χ1n) is 8.94. The van der Waals surface area contributed by atoms with Crippen LogP contribution in [-0.2, 0) is 19.6 Å². The van der Waals surface area contributed by atoms with Crippen molar-refractivity contribution in [2.45, 2.75) is 19.8 Å². The number of carbonyl (C=O) groups excluding carboxylic acids is 2. The largest absolute Gasteiger partial charge is 0.497 e. The number of piperidine rings is 1. The van der Waals surface area contributed by atoms with Crippen molar-refractivity contribution in [3.63, 3.8) is 0 Å². The van der Waals surface area contributed by atoms with Gasteiger partial charge in [0.05, 0.1) is 25.4 Å². The fourth-order valence-electron chi connectivity index (χ4n) is 2.94. The third kappa shape index (κ3) is 5.93. The Balaban J connectivity index is 1.88. The zero-order chi connectivity index (χ0) is 19.9. The number of esters is 1. The maximum Gasteiger partial charge on any atom is 0.310 e. The molecule has 1 saturated heterocycles. The van der Waals surface area contributed by atoms with Crippen LogP contribution in [0, 0.1) is 5.92 Å². The van der Waals surface area contributed by atoms with Crippen molar-refractivity contribution in [1.82, 2.24) is 9.62 Å². The average molecular weight is 398 g/mol. The van der Waals surface area contributed by atoms with Crippen molar-refractivity contribution >= 4 is 21.9 Å². The molecule has 0 bridgehead atoms. The molecule has 2 rings (SSSR count). The van der Waals surface area contributed by atoms with Crippen LogP contribution in [0.1, 0.15) is 30.1 Å². The summed E-state index contributed by atoms with van der Waals surface area (Å²) in [6.07, 6.45) is 1.23. The summed E-state index contributed by atoms with van der Waals surface area (Å²) in [6, 6.07) is 6.62. The van der Waals surface area contributed by atoms with Gasteiger partial charge in [0.1, 0.15) is 5.75 Å². The zero-order valence-corrected chi connectivity index (χ0v) is 16.5. The van der Waals surface area contributed by atoms with Crippen LogP contribution in [0.25, 0.3) is 0 Å². The van der Waals surface area contributed by atoms with E-state index in [0.717, 1.165) is 0 Å². The SMILES string of the molecule is CCOC(=O)[C@@H]1CCCN(S(=O)(=O)CCNC(=O)c2cccc(OC)c2)C1. The van der Waals surface area contributed by atoms with Gasteiger partial charge in [0, 0.05) is 25.2 Å². The predicted molar refractivity (Wildman–Crippen MR) is 100 cm³/mol. The summed E-state index contributed by atoms with van der Waals surface area (Å²) < 4.78 is 36.4. The van der Waals surface area contributed by atoms with E-state index in [4.69, 9.17) is 9.47 Å². The summed E-state index contributed by atoms with van der Waals surface area (Å²) in [5.74, 6) is -0.831. The van der Waals surface area contributed by atoms with Gasteiger partial charge >= 0.3 is 5.97 Å². The van der Waals surface area contributed by atoms with Crippen LogP contribution < -0.4 is 10.1 Å². The molecule has 27 heavy (non-hydrogen) atoms. The maximum atomic E-state index is 12.5. The van der Waals surface area contributed by atoms with E-state index in [-0.39, 0.29) is 37.3 Å². The number of nitrogens with zero attached hydrogens (tertiary/aromatic N) is 1. The fourth-order valence-corrected chi connectivity index (χ4v) is 4.37. The number of methoxy groups -OCH3 is 1. The molecule has 1 aliphatic rings. The predicted octanol–water partition coefficient (Wildman–Crippen LogP) is 1.03. The van der Waals surface area contributed by atoms with Gasteiger partial charge in [-0.05, 0) is 38.0 Å². The van der Waals surface area contributed by atoms with E-state index in [1.165, 1.54) is 11.4 Å². The van der Waals surface area contributed by atoms with Crippen molar-refractivity contribution in [2.24, 2.45) is 5.92 Å². The van der Waals surface area contributed by atoms with E-state index in [1.54, 1.807) is 31.2 Å². The Hall–Kier alpha value is -2.13. The molecule has 1 aromatic rings. The monoisotopic (exact) mass is 398 g/mol. The lowest BCUT2D eigenvalue weighted by Gasteiger charge is -2.30. The van der Waals surface area contributed by atoms with E-state index < -0.39 is 15.9 Å². The second-order valence-corrected chi connectivity index (χ2v) is 8.34. The topological polar surface area (TPSA) is 102 Å². The highest BCUT2D eigenvalue weighted by atomic mass is 32.2. The molecule has 0 radical (unpaired) electrons. The van der Waals surface area contributed by atoms with Gasteiger partial charge in [-0.15, -0.1) is 0 Å². The smallest absolute Gasteiger partial charge is 0.310 e. The molecule has 1 atom stereocenters. The Bertz CT molecular complexity index is 765. The van der Waals surface area contributed by atoms with E-state index in [9.17, 15) is 18.0 Å². The fraction of sp³-hybridized carbons (Fsp3) is 0.556. The van der Waals surface area contributed by atoms with Crippen LogP contribution in [0.5, 0.6) is 5.75 Å². The Labute approximate surface area is 159 Å². The van der Waals surface area contributed by atoms with Crippen molar-refractivity contribution in [3.8, 4) is 5.75 Å². The van der Waals surface area contributed by atoms with Gasteiger partial charge in [0.2, 0.25) is 10.0 Å². The van der Waals surface area contributed by atoms with Gasteiger partial charge in [-0.3, -0.25) is 9.59 Å². The van der Waals surface area contributed by atoms with Crippen LogP contribution in [0.3, 0.4) is 0 Å². The molecule has 8 nitrogen and oxygen atoms in total. The normalized spacial score (nSPS) is 17.9. The molecular formula is C18H26N2O6S. The molecule has 1 aromatic carbocycles. The lowest BCUT2D eigenvalue weighted by molar-refractivity contribution is -0.149. The Morgan fingerprint density at radius 2 is 2.11 bits per heavy atom. The molecule has 0 saturated carbocycles. The van der Waals surface area contributed by atoms with Crippen LogP contribution in [0.15, 0.2) is 24.3 Å². The second-order valence-electron chi connectivity index (χ2n) is 6.25. The minimum Gasteiger partial charge on any atom is -0.497 e. The number of sulfonamides is 1. The highest BCUT2D eigenvalue weighted by Gasteiger charge is 2.32. The van der Waals surface area contributed by atoms with Crippen LogP contribution in [0.4, 0.5) is 0 Å². The van der Waals surface area contributed by atoms with Gasteiger partial charge < -0.3 is 14.8 Å². The molecule has 150 valence electrons. The Morgan fingerprint density at radius 1 is 1.33 bits per heavy atom. The number of carbonyl (C=O) groups is 2. The van der Waals surface area contributed by atoms with Gasteiger partial charge in [0.25, 0.3) is 5.91 Å². The number of nitrogens with one attached hydrogen (secondary N) is 1. The first kappa shape index (κ1) is 21.2. The standard InChI is InChI=1S/C18H26N2O6S/c1-3-26-18(22)15-7-5-10-20(13-15)27(23,24)11-9-19-17(21)14-6-4-8-16(12-14)25-2/h4,6,8,12,15H,3,5,7,9-11,13H2,1-2H3,(H,19,21)/t15-/m1/s1. The molecule has 0 aliphatic carbocycles. The number of rotatable bonds is 8. The van der Waals surface area contributed by atoms with Crippen molar-refractivity contribution in [3.05, 3.63) is 29.8 Å². The first-order chi connectivity index (χ1) is 12.9. The lowest BCUT2D eigenvalue weighted by Crippen LogP contribution is -2.45. The molecule has 0 aromatic heterocycles. The molecule has 1 N–H and O–H groups in total. The lowest BCUT2D eigenvalue weighted by atomic mass is 10.0.